The number of benzene rings is 1. The van der Waals surface area contributed by atoms with E-state index in [-0.39, 0.29) is 18.0 Å². The maximum absolute atomic E-state index is 12.1. The van der Waals surface area contributed by atoms with Crippen LogP contribution in [-0.4, -0.2) is 18.7 Å². The predicted molar refractivity (Wildman–Crippen MR) is 64.2 cm³/mol. The number of Topliss-reactive ketones (excluding diaryl/α,β-unsaturated/α-hetero) is 2. The van der Waals surface area contributed by atoms with Crippen LogP contribution in [0.2, 0.25) is 0 Å². The third-order valence-corrected chi connectivity index (χ3v) is 3.58. The summed E-state index contributed by atoms with van der Waals surface area (Å²) in [6.45, 7) is 1.91. The molecule has 3 heteroatoms. The average molecular weight is 232 g/mol. The molecule has 0 aromatic heterocycles. The number of hydrogen-bond donors (Lipinski definition) is 0. The molecular weight excluding hydrogens is 216 g/mol. The van der Waals surface area contributed by atoms with E-state index in [1.165, 1.54) is 0 Å². The number of carbonyl (C=O) groups is 2. The van der Waals surface area contributed by atoms with E-state index in [2.05, 4.69) is 0 Å². The molecule has 1 aromatic carbocycles. The van der Waals surface area contributed by atoms with Crippen molar-refractivity contribution in [3.63, 3.8) is 0 Å². The largest absolute Gasteiger partial charge is 0.497 e. The van der Waals surface area contributed by atoms with Crippen LogP contribution in [0.4, 0.5) is 0 Å². The molecule has 90 valence electrons. The zero-order valence-electron chi connectivity index (χ0n) is 10.2. The highest BCUT2D eigenvalue weighted by Gasteiger charge is 2.39. The summed E-state index contributed by atoms with van der Waals surface area (Å²) in [7, 11) is 1.60. The van der Waals surface area contributed by atoms with Gasteiger partial charge in [-0.2, -0.15) is 0 Å². The van der Waals surface area contributed by atoms with Crippen molar-refractivity contribution < 1.29 is 14.3 Å². The fourth-order valence-corrected chi connectivity index (χ4v) is 2.26. The molecule has 1 aliphatic carbocycles. The highest BCUT2D eigenvalue weighted by atomic mass is 16.5. The molecule has 0 amide bonds. The van der Waals surface area contributed by atoms with E-state index in [0.29, 0.717) is 12.8 Å². The molecule has 1 aliphatic rings. The van der Waals surface area contributed by atoms with Crippen molar-refractivity contribution in [2.45, 2.75) is 31.6 Å². The van der Waals surface area contributed by atoms with Crippen LogP contribution in [0.1, 0.15) is 31.7 Å². The zero-order valence-corrected chi connectivity index (χ0v) is 10.2. The SMILES string of the molecule is COc1cccc(C2(C)CCC(=O)CC2=O)c1. The fraction of sp³-hybridized carbons (Fsp3) is 0.429. The summed E-state index contributed by atoms with van der Waals surface area (Å²) in [6, 6.07) is 7.54. The standard InChI is InChI=1S/C14H16O3/c1-14(7-6-11(15)9-13(14)16)10-4-3-5-12(8-10)17-2/h3-5,8H,6-7,9H2,1-2H3. The normalized spacial score (nSPS) is 24.8. The molecule has 1 saturated carbocycles. The van der Waals surface area contributed by atoms with Gasteiger partial charge in [-0.3, -0.25) is 9.59 Å². The topological polar surface area (TPSA) is 43.4 Å². The van der Waals surface area contributed by atoms with Gasteiger partial charge in [-0.15, -0.1) is 0 Å². The Morgan fingerprint density at radius 2 is 2.06 bits per heavy atom. The molecule has 1 aromatic rings. The second-order valence-corrected chi connectivity index (χ2v) is 4.70. The minimum absolute atomic E-state index is 0.0157. The Kier molecular flexibility index (Phi) is 3.01. The Bertz CT molecular complexity index is 464. The minimum Gasteiger partial charge on any atom is -0.497 e. The lowest BCUT2D eigenvalue weighted by Gasteiger charge is -2.32. The number of methoxy groups -OCH3 is 1. The molecule has 0 spiro atoms. The van der Waals surface area contributed by atoms with Gasteiger partial charge in [0.1, 0.15) is 17.3 Å². The lowest BCUT2D eigenvalue weighted by atomic mass is 9.69. The van der Waals surface area contributed by atoms with Crippen LogP contribution < -0.4 is 4.74 Å². The van der Waals surface area contributed by atoms with Crippen LogP contribution in [0, 0.1) is 0 Å². The van der Waals surface area contributed by atoms with Crippen LogP contribution in [0.15, 0.2) is 24.3 Å². The number of hydrogen-bond acceptors (Lipinski definition) is 3. The van der Waals surface area contributed by atoms with Crippen molar-refractivity contribution in [1.29, 1.82) is 0 Å². The first-order chi connectivity index (χ1) is 8.06. The maximum atomic E-state index is 12.1. The second kappa shape index (κ2) is 4.32. The van der Waals surface area contributed by atoms with E-state index in [1.807, 2.05) is 31.2 Å². The lowest BCUT2D eigenvalue weighted by molar-refractivity contribution is -0.133. The molecule has 1 unspecified atom stereocenters. The van der Waals surface area contributed by atoms with E-state index >= 15 is 0 Å². The molecule has 1 fully saturated rings. The number of carbonyl (C=O) groups excluding carboxylic acids is 2. The van der Waals surface area contributed by atoms with Crippen LogP contribution in [0.25, 0.3) is 0 Å². The van der Waals surface area contributed by atoms with E-state index < -0.39 is 5.41 Å². The summed E-state index contributed by atoms with van der Waals surface area (Å²) in [6.07, 6.45) is 1.14. The molecule has 0 aliphatic heterocycles. The molecule has 1 atom stereocenters. The summed E-state index contributed by atoms with van der Waals surface area (Å²) in [5.41, 5.74) is 0.400. The van der Waals surface area contributed by atoms with Gasteiger partial charge in [0.2, 0.25) is 0 Å². The predicted octanol–water partition coefficient (Wildman–Crippen LogP) is 2.28. The molecule has 0 saturated heterocycles. The lowest BCUT2D eigenvalue weighted by Crippen LogP contribution is -2.38. The third-order valence-electron chi connectivity index (χ3n) is 3.58. The molecule has 17 heavy (non-hydrogen) atoms. The summed E-state index contributed by atoms with van der Waals surface area (Å²) >= 11 is 0. The first kappa shape index (κ1) is 11.8. The van der Waals surface area contributed by atoms with E-state index in [1.54, 1.807) is 7.11 Å². The summed E-state index contributed by atoms with van der Waals surface area (Å²) in [5.74, 6) is 0.811. The smallest absolute Gasteiger partial charge is 0.150 e. The van der Waals surface area contributed by atoms with E-state index in [0.717, 1.165) is 11.3 Å². The summed E-state index contributed by atoms with van der Waals surface area (Å²) in [5, 5.41) is 0. The monoisotopic (exact) mass is 232 g/mol. The van der Waals surface area contributed by atoms with Gasteiger partial charge < -0.3 is 4.74 Å². The Balaban J connectivity index is 2.36. The quantitative estimate of drug-likeness (QED) is 0.735. The average Bonchev–Trinajstić information content (AvgIpc) is 2.34. The third kappa shape index (κ3) is 2.09. The second-order valence-electron chi connectivity index (χ2n) is 4.70. The van der Waals surface area contributed by atoms with Gasteiger partial charge in [0.25, 0.3) is 0 Å². The molecule has 0 radical (unpaired) electrons. The summed E-state index contributed by atoms with van der Waals surface area (Å²) < 4.78 is 5.17. The molecule has 2 rings (SSSR count). The van der Waals surface area contributed by atoms with E-state index in [4.69, 9.17) is 4.74 Å². The van der Waals surface area contributed by atoms with Gasteiger partial charge in [-0.05, 0) is 31.0 Å². The van der Waals surface area contributed by atoms with Crippen LogP contribution in [0.3, 0.4) is 0 Å². The fourth-order valence-electron chi connectivity index (χ4n) is 2.26. The van der Waals surface area contributed by atoms with Gasteiger partial charge in [-0.1, -0.05) is 12.1 Å². The Labute approximate surface area is 101 Å². The van der Waals surface area contributed by atoms with Gasteiger partial charge in [0, 0.05) is 6.42 Å². The Morgan fingerprint density at radius 1 is 1.29 bits per heavy atom. The van der Waals surface area contributed by atoms with Crippen LogP contribution in [-0.2, 0) is 15.0 Å². The van der Waals surface area contributed by atoms with Crippen molar-refractivity contribution in [2.24, 2.45) is 0 Å². The minimum atomic E-state index is -0.539. The number of ketones is 2. The van der Waals surface area contributed by atoms with Crippen molar-refractivity contribution in [3.05, 3.63) is 29.8 Å². The first-order valence-corrected chi connectivity index (χ1v) is 5.76. The van der Waals surface area contributed by atoms with Gasteiger partial charge in [-0.25, -0.2) is 0 Å². The Hall–Kier alpha value is -1.64. The zero-order chi connectivity index (χ0) is 12.5. The van der Waals surface area contributed by atoms with Crippen molar-refractivity contribution in [1.82, 2.24) is 0 Å². The van der Waals surface area contributed by atoms with E-state index in [9.17, 15) is 9.59 Å². The molecule has 0 heterocycles. The Morgan fingerprint density at radius 3 is 2.71 bits per heavy atom. The van der Waals surface area contributed by atoms with Gasteiger partial charge in [0.05, 0.1) is 18.9 Å². The highest BCUT2D eigenvalue weighted by molar-refractivity contribution is 6.06. The van der Waals surface area contributed by atoms with Crippen molar-refractivity contribution >= 4 is 11.6 Å². The first-order valence-electron chi connectivity index (χ1n) is 5.76. The van der Waals surface area contributed by atoms with Crippen LogP contribution >= 0.6 is 0 Å². The summed E-state index contributed by atoms with van der Waals surface area (Å²) in [4.78, 5) is 23.3. The molecule has 3 nitrogen and oxygen atoms in total. The van der Waals surface area contributed by atoms with Crippen molar-refractivity contribution in [2.75, 3.05) is 7.11 Å². The molecular formula is C14H16O3. The highest BCUT2D eigenvalue weighted by Crippen LogP contribution is 2.36. The van der Waals surface area contributed by atoms with Crippen molar-refractivity contribution in [3.8, 4) is 5.75 Å². The van der Waals surface area contributed by atoms with Gasteiger partial charge in [0.15, 0.2) is 0 Å². The number of rotatable bonds is 2. The maximum Gasteiger partial charge on any atom is 0.150 e. The van der Waals surface area contributed by atoms with Gasteiger partial charge >= 0.3 is 0 Å². The molecule has 0 N–H and O–H groups in total. The van der Waals surface area contributed by atoms with Crippen LogP contribution in [0.5, 0.6) is 5.75 Å². The molecule has 0 bridgehead atoms. The number of ether oxygens (including phenoxy) is 1.